The Hall–Kier alpha value is -0.890. The summed E-state index contributed by atoms with van der Waals surface area (Å²) in [6, 6.07) is 0. The Morgan fingerprint density at radius 2 is 2.21 bits per heavy atom. The number of terminal acetylenes is 1. The zero-order valence-electron chi connectivity index (χ0n) is 8.15. The first-order valence-corrected chi connectivity index (χ1v) is 4.47. The molecule has 76 valence electrons. The van der Waals surface area contributed by atoms with Gasteiger partial charge in [0, 0.05) is 0 Å². The van der Waals surface area contributed by atoms with Crippen LogP contribution in [0.15, 0.2) is 0 Å². The molecule has 2 rings (SSSR count). The maximum absolute atomic E-state index is 10.5. The Balaban J connectivity index is 2.11. The van der Waals surface area contributed by atoms with Crippen LogP contribution in [-0.4, -0.2) is 36.5 Å². The molecular formula is C10H12O4. The van der Waals surface area contributed by atoms with Gasteiger partial charge in [0.1, 0.15) is 6.10 Å². The topological polar surface area (TPSA) is 48.1 Å². The maximum Gasteiger partial charge on any atom is 0.190 e. The molecule has 0 spiro atoms. The van der Waals surface area contributed by atoms with Crippen molar-refractivity contribution in [1.29, 1.82) is 0 Å². The highest BCUT2D eigenvalue weighted by atomic mass is 16.8. The second-order valence-electron chi connectivity index (χ2n) is 3.93. The lowest BCUT2D eigenvalue weighted by Gasteiger charge is -2.18. The lowest BCUT2D eigenvalue weighted by Crippen LogP contribution is -2.35. The van der Waals surface area contributed by atoms with Gasteiger partial charge in [-0.05, 0) is 13.8 Å². The normalized spacial score (nSPS) is 44.4. The number of hydrogen-bond acceptors (Lipinski definition) is 4. The van der Waals surface area contributed by atoms with Crippen LogP contribution in [0.3, 0.4) is 0 Å². The molecule has 0 aromatic heterocycles. The van der Waals surface area contributed by atoms with Gasteiger partial charge >= 0.3 is 0 Å². The molecule has 0 aromatic carbocycles. The molecule has 0 N–H and O–H groups in total. The first kappa shape index (κ1) is 9.66. The maximum atomic E-state index is 10.5. The van der Waals surface area contributed by atoms with Crippen LogP contribution >= 0.6 is 0 Å². The van der Waals surface area contributed by atoms with Crippen molar-refractivity contribution >= 4 is 6.29 Å². The average Bonchev–Trinajstić information content (AvgIpc) is 2.77. The van der Waals surface area contributed by atoms with Crippen molar-refractivity contribution in [3.8, 4) is 12.3 Å². The van der Waals surface area contributed by atoms with E-state index in [1.165, 1.54) is 0 Å². The molecule has 2 saturated heterocycles. The third-order valence-electron chi connectivity index (χ3n) is 2.52. The lowest BCUT2D eigenvalue weighted by molar-refractivity contribution is -0.143. The molecule has 14 heavy (non-hydrogen) atoms. The molecule has 2 aliphatic heterocycles. The summed E-state index contributed by atoms with van der Waals surface area (Å²) in [5.74, 6) is 1.83. The Morgan fingerprint density at radius 1 is 1.50 bits per heavy atom. The molecule has 3 atom stereocenters. The van der Waals surface area contributed by atoms with E-state index in [1.54, 1.807) is 13.8 Å². The summed E-state index contributed by atoms with van der Waals surface area (Å²) in [6.45, 7) is 3.96. The quantitative estimate of drug-likeness (QED) is 0.357. The summed E-state index contributed by atoms with van der Waals surface area (Å²) >= 11 is 0. The number of carbonyl (C=O) groups is 1. The third kappa shape index (κ3) is 1.25. The van der Waals surface area contributed by atoms with Gasteiger partial charge in [-0.3, -0.25) is 0 Å². The molecule has 0 aliphatic carbocycles. The molecule has 2 fully saturated rings. The molecule has 0 amide bonds. The zero-order valence-corrected chi connectivity index (χ0v) is 8.15. The minimum Gasteiger partial charge on any atom is -0.348 e. The molecule has 0 saturated carbocycles. The molecule has 0 radical (unpaired) electrons. The smallest absolute Gasteiger partial charge is 0.190 e. The van der Waals surface area contributed by atoms with Crippen molar-refractivity contribution < 1.29 is 19.0 Å². The second kappa shape index (κ2) is 2.80. The van der Waals surface area contributed by atoms with Gasteiger partial charge in [0.15, 0.2) is 23.8 Å². The molecule has 4 nitrogen and oxygen atoms in total. The Labute approximate surface area is 82.5 Å². The van der Waals surface area contributed by atoms with Crippen LogP contribution in [0.25, 0.3) is 0 Å². The molecule has 2 aliphatic rings. The number of carbonyl (C=O) groups excluding carboxylic acids is 1. The van der Waals surface area contributed by atoms with Crippen molar-refractivity contribution in [3.05, 3.63) is 0 Å². The standard InChI is InChI=1S/C10H12O4/c1-4-10(7(5-11)14-10)8-6-12-9(2,3)13-8/h1,5,7-8H,6H2,2-3H3/t7-,8-,10+/m1/s1. The van der Waals surface area contributed by atoms with Crippen molar-refractivity contribution in [2.75, 3.05) is 6.61 Å². The summed E-state index contributed by atoms with van der Waals surface area (Å²) in [5.41, 5.74) is -0.893. The van der Waals surface area contributed by atoms with Crippen molar-refractivity contribution in [1.82, 2.24) is 0 Å². The van der Waals surface area contributed by atoms with E-state index in [2.05, 4.69) is 5.92 Å². The van der Waals surface area contributed by atoms with E-state index in [-0.39, 0.29) is 6.10 Å². The highest BCUT2D eigenvalue weighted by Gasteiger charge is 2.64. The van der Waals surface area contributed by atoms with Gasteiger partial charge in [-0.1, -0.05) is 5.92 Å². The Kier molecular flexibility index (Phi) is 1.93. The van der Waals surface area contributed by atoms with Crippen LogP contribution < -0.4 is 0 Å². The van der Waals surface area contributed by atoms with Crippen LogP contribution in [-0.2, 0) is 19.0 Å². The average molecular weight is 196 g/mol. The fourth-order valence-electron chi connectivity index (χ4n) is 1.67. The first-order chi connectivity index (χ1) is 6.54. The summed E-state index contributed by atoms with van der Waals surface area (Å²) in [4.78, 5) is 10.5. The fraction of sp³-hybridized carbons (Fsp3) is 0.700. The van der Waals surface area contributed by atoms with Crippen LogP contribution in [0.1, 0.15) is 13.8 Å². The fourth-order valence-corrected chi connectivity index (χ4v) is 1.67. The van der Waals surface area contributed by atoms with E-state index < -0.39 is 17.5 Å². The van der Waals surface area contributed by atoms with E-state index >= 15 is 0 Å². The van der Waals surface area contributed by atoms with Crippen LogP contribution in [0.4, 0.5) is 0 Å². The van der Waals surface area contributed by atoms with E-state index in [1.807, 2.05) is 0 Å². The summed E-state index contributed by atoms with van der Waals surface area (Å²) in [5, 5.41) is 0. The van der Waals surface area contributed by atoms with E-state index in [0.717, 1.165) is 0 Å². The van der Waals surface area contributed by atoms with E-state index in [9.17, 15) is 4.79 Å². The van der Waals surface area contributed by atoms with Gasteiger partial charge in [-0.2, -0.15) is 0 Å². The largest absolute Gasteiger partial charge is 0.348 e. The van der Waals surface area contributed by atoms with Crippen molar-refractivity contribution in [2.24, 2.45) is 0 Å². The molecule has 0 unspecified atom stereocenters. The van der Waals surface area contributed by atoms with Gasteiger partial charge in [0.2, 0.25) is 0 Å². The number of epoxide rings is 1. The molecule has 0 bridgehead atoms. The Bertz CT molecular complexity index is 304. The minimum atomic E-state index is -0.893. The van der Waals surface area contributed by atoms with Crippen molar-refractivity contribution in [3.63, 3.8) is 0 Å². The van der Waals surface area contributed by atoms with E-state index in [0.29, 0.717) is 12.9 Å². The van der Waals surface area contributed by atoms with Gasteiger partial charge < -0.3 is 19.0 Å². The number of ether oxygens (including phenoxy) is 3. The first-order valence-electron chi connectivity index (χ1n) is 4.47. The summed E-state index contributed by atoms with van der Waals surface area (Å²) < 4.78 is 16.1. The molecular weight excluding hydrogens is 184 g/mol. The minimum absolute atomic E-state index is 0.349. The number of aldehydes is 1. The molecule has 4 heteroatoms. The highest BCUT2D eigenvalue weighted by Crippen LogP contribution is 2.43. The zero-order chi connectivity index (χ0) is 10.4. The molecule has 0 aromatic rings. The van der Waals surface area contributed by atoms with E-state index in [4.69, 9.17) is 20.6 Å². The van der Waals surface area contributed by atoms with Crippen LogP contribution in [0.2, 0.25) is 0 Å². The molecule has 2 heterocycles. The predicted octanol–water partition coefficient (Wildman–Crippen LogP) is 0.108. The number of hydrogen-bond donors (Lipinski definition) is 0. The Morgan fingerprint density at radius 3 is 2.57 bits per heavy atom. The van der Waals surface area contributed by atoms with Gasteiger partial charge in [-0.25, -0.2) is 0 Å². The third-order valence-corrected chi connectivity index (χ3v) is 2.52. The van der Waals surface area contributed by atoms with Crippen molar-refractivity contribution in [2.45, 2.75) is 37.4 Å². The SMILES string of the molecule is C#C[C@]1([C@H]2COC(C)(C)O2)O[C@@H]1C=O. The monoisotopic (exact) mass is 196 g/mol. The van der Waals surface area contributed by atoms with Gasteiger partial charge in [0.25, 0.3) is 0 Å². The lowest BCUT2D eigenvalue weighted by atomic mass is 10.0. The second-order valence-corrected chi connectivity index (χ2v) is 3.93. The highest BCUT2D eigenvalue weighted by molar-refractivity contribution is 5.66. The number of rotatable bonds is 2. The summed E-state index contributed by atoms with van der Waals surface area (Å²) in [7, 11) is 0. The van der Waals surface area contributed by atoms with Gasteiger partial charge in [0.05, 0.1) is 6.61 Å². The van der Waals surface area contributed by atoms with Crippen LogP contribution in [0.5, 0.6) is 0 Å². The van der Waals surface area contributed by atoms with Crippen LogP contribution in [0, 0.1) is 12.3 Å². The predicted molar refractivity (Wildman–Crippen MR) is 47.4 cm³/mol. The summed E-state index contributed by atoms with van der Waals surface area (Å²) in [6.07, 6.45) is 5.14. The van der Waals surface area contributed by atoms with Gasteiger partial charge in [-0.15, -0.1) is 6.42 Å².